The first-order valence-corrected chi connectivity index (χ1v) is 8.12. The van der Waals surface area contributed by atoms with Crippen LogP contribution >= 0.6 is 0 Å². The molecule has 0 saturated heterocycles. The average molecular weight is 346 g/mol. The normalized spacial score (nSPS) is 10.2. The fourth-order valence-electron chi connectivity index (χ4n) is 2.25. The Balaban J connectivity index is 1.63. The molecule has 0 radical (unpaired) electrons. The van der Waals surface area contributed by atoms with Gasteiger partial charge in [-0.05, 0) is 48.7 Å². The summed E-state index contributed by atoms with van der Waals surface area (Å²) in [5.41, 5.74) is 2.05. The maximum Gasteiger partial charge on any atom is 0.314 e. The molecule has 0 aliphatic heterocycles. The predicted octanol–water partition coefficient (Wildman–Crippen LogP) is 3.06. The topological polar surface area (TPSA) is 59.6 Å². The lowest BCUT2D eigenvalue weighted by Crippen LogP contribution is -2.38. The lowest BCUT2D eigenvalue weighted by atomic mass is 10.1. The first kappa shape index (κ1) is 18.6. The standard InChI is InChI=1S/C19H23FN2O3/c1-14-3-8-17(18(13-14)24-2)25-12-11-22-19(23)21-10-9-15-4-6-16(20)7-5-15/h3-8,13H,9-12H2,1-2H3,(H2,21,22,23). The number of carbonyl (C=O) groups is 1. The second kappa shape index (κ2) is 9.52. The summed E-state index contributed by atoms with van der Waals surface area (Å²) < 4.78 is 23.7. The van der Waals surface area contributed by atoms with Gasteiger partial charge in [0.25, 0.3) is 0 Å². The molecule has 0 spiro atoms. The van der Waals surface area contributed by atoms with Gasteiger partial charge in [-0.2, -0.15) is 0 Å². The maximum absolute atomic E-state index is 12.8. The fourth-order valence-corrected chi connectivity index (χ4v) is 2.25. The molecule has 2 aromatic rings. The molecule has 2 amide bonds. The molecule has 0 saturated carbocycles. The Kier molecular flexibility index (Phi) is 7.07. The first-order valence-electron chi connectivity index (χ1n) is 8.12. The van der Waals surface area contributed by atoms with Crippen molar-refractivity contribution in [1.82, 2.24) is 10.6 Å². The maximum atomic E-state index is 12.8. The van der Waals surface area contributed by atoms with Crippen LogP contribution in [0.2, 0.25) is 0 Å². The molecule has 0 aliphatic carbocycles. The van der Waals surface area contributed by atoms with Gasteiger partial charge in [-0.25, -0.2) is 9.18 Å². The lowest BCUT2D eigenvalue weighted by Gasteiger charge is -2.12. The van der Waals surface area contributed by atoms with Crippen LogP contribution < -0.4 is 20.1 Å². The molecule has 0 aliphatic rings. The molecule has 0 aromatic heterocycles. The molecule has 134 valence electrons. The number of halogens is 1. The number of hydrogen-bond acceptors (Lipinski definition) is 3. The molecule has 2 aromatic carbocycles. The van der Waals surface area contributed by atoms with E-state index >= 15 is 0 Å². The average Bonchev–Trinajstić information content (AvgIpc) is 2.61. The van der Waals surface area contributed by atoms with Gasteiger partial charge in [0.15, 0.2) is 11.5 Å². The largest absolute Gasteiger partial charge is 0.493 e. The van der Waals surface area contributed by atoms with Crippen LogP contribution in [-0.2, 0) is 6.42 Å². The summed E-state index contributed by atoms with van der Waals surface area (Å²) >= 11 is 0. The number of carbonyl (C=O) groups excluding carboxylic acids is 1. The Labute approximate surface area is 147 Å². The number of methoxy groups -OCH3 is 1. The van der Waals surface area contributed by atoms with Crippen molar-refractivity contribution in [1.29, 1.82) is 0 Å². The summed E-state index contributed by atoms with van der Waals surface area (Å²) in [5, 5.41) is 5.47. The van der Waals surface area contributed by atoms with Gasteiger partial charge in [-0.3, -0.25) is 0 Å². The van der Waals surface area contributed by atoms with E-state index in [1.807, 2.05) is 25.1 Å². The summed E-state index contributed by atoms with van der Waals surface area (Å²) in [4.78, 5) is 11.7. The SMILES string of the molecule is COc1cc(C)ccc1OCCNC(=O)NCCc1ccc(F)cc1. The first-order chi connectivity index (χ1) is 12.1. The van der Waals surface area contributed by atoms with Crippen LogP contribution in [0, 0.1) is 12.7 Å². The lowest BCUT2D eigenvalue weighted by molar-refractivity contribution is 0.235. The van der Waals surface area contributed by atoms with Crippen molar-refractivity contribution in [3.63, 3.8) is 0 Å². The van der Waals surface area contributed by atoms with Gasteiger partial charge in [-0.1, -0.05) is 18.2 Å². The van der Waals surface area contributed by atoms with E-state index in [1.165, 1.54) is 12.1 Å². The van der Waals surface area contributed by atoms with E-state index < -0.39 is 0 Å². The zero-order valence-electron chi connectivity index (χ0n) is 14.5. The molecule has 5 nitrogen and oxygen atoms in total. The van der Waals surface area contributed by atoms with E-state index in [9.17, 15) is 9.18 Å². The van der Waals surface area contributed by atoms with Crippen LogP contribution in [0.5, 0.6) is 11.5 Å². The van der Waals surface area contributed by atoms with Crippen LogP contribution in [0.25, 0.3) is 0 Å². The molecule has 0 atom stereocenters. The van der Waals surface area contributed by atoms with Gasteiger partial charge < -0.3 is 20.1 Å². The van der Waals surface area contributed by atoms with E-state index in [0.717, 1.165) is 11.1 Å². The molecule has 0 bridgehead atoms. The molecule has 6 heteroatoms. The Morgan fingerprint density at radius 2 is 1.76 bits per heavy atom. The predicted molar refractivity (Wildman–Crippen MR) is 94.7 cm³/mol. The van der Waals surface area contributed by atoms with Gasteiger partial charge in [0, 0.05) is 6.54 Å². The molecule has 0 heterocycles. The van der Waals surface area contributed by atoms with E-state index in [4.69, 9.17) is 9.47 Å². The van der Waals surface area contributed by atoms with Crippen molar-refractivity contribution in [3.8, 4) is 11.5 Å². The van der Waals surface area contributed by atoms with Gasteiger partial charge in [0.2, 0.25) is 0 Å². The molecular formula is C19H23FN2O3. The molecule has 0 unspecified atom stereocenters. The number of ether oxygens (including phenoxy) is 2. The Bertz CT molecular complexity index is 690. The third kappa shape index (κ3) is 6.33. The van der Waals surface area contributed by atoms with E-state index in [-0.39, 0.29) is 11.8 Å². The van der Waals surface area contributed by atoms with E-state index in [0.29, 0.717) is 37.6 Å². The zero-order chi connectivity index (χ0) is 18.1. The Hall–Kier alpha value is -2.76. The molecule has 25 heavy (non-hydrogen) atoms. The minimum Gasteiger partial charge on any atom is -0.493 e. The van der Waals surface area contributed by atoms with Crippen LogP contribution in [0.15, 0.2) is 42.5 Å². The third-order valence-corrected chi connectivity index (χ3v) is 3.58. The van der Waals surface area contributed by atoms with Gasteiger partial charge >= 0.3 is 6.03 Å². The highest BCUT2D eigenvalue weighted by atomic mass is 19.1. The molecule has 2 N–H and O–H groups in total. The number of nitrogens with one attached hydrogen (secondary N) is 2. The number of urea groups is 1. The van der Waals surface area contributed by atoms with E-state index in [2.05, 4.69) is 10.6 Å². The van der Waals surface area contributed by atoms with Gasteiger partial charge in [0.1, 0.15) is 12.4 Å². The summed E-state index contributed by atoms with van der Waals surface area (Å²) in [6.07, 6.45) is 0.644. The van der Waals surface area contributed by atoms with Crippen LogP contribution in [-0.4, -0.2) is 32.8 Å². The quantitative estimate of drug-likeness (QED) is 0.722. The highest BCUT2D eigenvalue weighted by Gasteiger charge is 2.05. The highest BCUT2D eigenvalue weighted by Crippen LogP contribution is 2.27. The minimum atomic E-state index is -0.264. The van der Waals surface area contributed by atoms with Gasteiger partial charge in [0.05, 0.1) is 13.7 Å². The number of rotatable bonds is 8. The van der Waals surface area contributed by atoms with Crippen LogP contribution in [0.4, 0.5) is 9.18 Å². The van der Waals surface area contributed by atoms with Crippen molar-refractivity contribution >= 4 is 6.03 Å². The van der Waals surface area contributed by atoms with Crippen molar-refractivity contribution in [3.05, 3.63) is 59.4 Å². The summed E-state index contributed by atoms with van der Waals surface area (Å²) in [5.74, 6) is 1.05. The number of amides is 2. The summed E-state index contributed by atoms with van der Waals surface area (Å²) in [7, 11) is 1.59. The second-order valence-corrected chi connectivity index (χ2v) is 5.56. The summed E-state index contributed by atoms with van der Waals surface area (Å²) in [6.45, 7) is 3.17. The Morgan fingerprint density at radius 3 is 2.48 bits per heavy atom. The van der Waals surface area contributed by atoms with Crippen molar-refractivity contribution in [2.75, 3.05) is 26.8 Å². The van der Waals surface area contributed by atoms with Crippen LogP contribution in [0.1, 0.15) is 11.1 Å². The fraction of sp³-hybridized carbons (Fsp3) is 0.316. The van der Waals surface area contributed by atoms with Crippen LogP contribution in [0.3, 0.4) is 0 Å². The monoisotopic (exact) mass is 346 g/mol. The highest BCUT2D eigenvalue weighted by molar-refractivity contribution is 5.73. The zero-order valence-corrected chi connectivity index (χ0v) is 14.5. The third-order valence-electron chi connectivity index (χ3n) is 3.58. The number of benzene rings is 2. The number of hydrogen-bond donors (Lipinski definition) is 2. The van der Waals surface area contributed by atoms with Crippen molar-refractivity contribution in [2.24, 2.45) is 0 Å². The molecular weight excluding hydrogens is 323 g/mol. The second-order valence-electron chi connectivity index (χ2n) is 5.56. The van der Waals surface area contributed by atoms with E-state index in [1.54, 1.807) is 19.2 Å². The smallest absolute Gasteiger partial charge is 0.314 e. The molecule has 0 fully saturated rings. The molecule has 2 rings (SSSR count). The van der Waals surface area contributed by atoms with Crippen molar-refractivity contribution < 1.29 is 18.7 Å². The summed E-state index contributed by atoms with van der Waals surface area (Å²) in [6, 6.07) is 11.6. The Morgan fingerprint density at radius 1 is 1.04 bits per heavy atom. The minimum absolute atomic E-state index is 0.262. The van der Waals surface area contributed by atoms with Gasteiger partial charge in [-0.15, -0.1) is 0 Å². The van der Waals surface area contributed by atoms with Crippen molar-refractivity contribution in [2.45, 2.75) is 13.3 Å². The number of aryl methyl sites for hydroxylation is 1.